The van der Waals surface area contributed by atoms with E-state index in [1.54, 1.807) is 0 Å². The zero-order chi connectivity index (χ0) is 14.4. The van der Waals surface area contributed by atoms with Crippen LogP contribution in [0.4, 0.5) is 13.2 Å². The van der Waals surface area contributed by atoms with E-state index in [1.165, 1.54) is 14.2 Å². The minimum Gasteiger partial charge on any atom is -0.469 e. The van der Waals surface area contributed by atoms with Crippen molar-refractivity contribution < 1.29 is 27.5 Å². The van der Waals surface area contributed by atoms with Gasteiger partial charge in [0.25, 0.3) is 0 Å². The summed E-state index contributed by atoms with van der Waals surface area (Å²) in [5, 5.41) is 0. The maximum absolute atomic E-state index is 13.5. The summed E-state index contributed by atoms with van der Waals surface area (Å²) in [6, 6.07) is 0.607. The Morgan fingerprint density at radius 1 is 1.21 bits per heavy atom. The third-order valence-corrected chi connectivity index (χ3v) is 2.48. The Bertz CT molecular complexity index is 454. The van der Waals surface area contributed by atoms with Gasteiger partial charge in [-0.15, -0.1) is 0 Å². The molecule has 106 valence electrons. The fourth-order valence-electron chi connectivity index (χ4n) is 1.59. The molecule has 0 spiro atoms. The van der Waals surface area contributed by atoms with Gasteiger partial charge in [-0.3, -0.25) is 4.79 Å². The highest BCUT2D eigenvalue weighted by Gasteiger charge is 2.18. The number of halogens is 3. The predicted octanol–water partition coefficient (Wildman–Crippen LogP) is 1.73. The summed E-state index contributed by atoms with van der Waals surface area (Å²) in [5.41, 5.74) is 2.42. The van der Waals surface area contributed by atoms with E-state index >= 15 is 0 Å². The van der Waals surface area contributed by atoms with Gasteiger partial charge in [0.05, 0.1) is 20.6 Å². The van der Waals surface area contributed by atoms with Crippen LogP contribution >= 0.6 is 0 Å². The monoisotopic (exact) mass is 277 g/mol. The van der Waals surface area contributed by atoms with Crippen LogP contribution in [0, 0.1) is 17.5 Å². The van der Waals surface area contributed by atoms with E-state index < -0.39 is 29.5 Å². The van der Waals surface area contributed by atoms with Gasteiger partial charge in [0.2, 0.25) is 0 Å². The molecule has 0 fully saturated rings. The summed E-state index contributed by atoms with van der Waals surface area (Å²) in [6.45, 7) is 0. The molecule has 7 heteroatoms. The van der Waals surface area contributed by atoms with E-state index in [0.29, 0.717) is 6.07 Å². The van der Waals surface area contributed by atoms with Crippen molar-refractivity contribution in [2.45, 2.75) is 18.9 Å². The molecule has 4 nitrogen and oxygen atoms in total. The van der Waals surface area contributed by atoms with E-state index in [2.05, 4.69) is 15.1 Å². The number of nitrogens with one attached hydrogen (secondary N) is 1. The van der Waals surface area contributed by atoms with Crippen LogP contribution in [-0.2, 0) is 20.8 Å². The van der Waals surface area contributed by atoms with Gasteiger partial charge in [0.15, 0.2) is 11.6 Å². The van der Waals surface area contributed by atoms with Gasteiger partial charge in [0.1, 0.15) is 5.82 Å². The molecule has 0 aliphatic rings. The lowest BCUT2D eigenvalue weighted by Gasteiger charge is -2.16. The molecular formula is C12H14F3NO3. The Balaban J connectivity index is 2.84. The molecule has 0 aliphatic heterocycles. The standard InChI is InChI=1S/C12H14F3NO3/c1-18-12(17)5-8(16-19-2)3-7-4-10(14)11(15)6-9(7)13/h4,6,8,16H,3,5H2,1-2H3/t8-/m1/s1. The van der Waals surface area contributed by atoms with Gasteiger partial charge in [0, 0.05) is 12.1 Å². The maximum atomic E-state index is 13.5. The van der Waals surface area contributed by atoms with Crippen molar-refractivity contribution in [2.75, 3.05) is 14.2 Å². The highest BCUT2D eigenvalue weighted by molar-refractivity contribution is 5.69. The van der Waals surface area contributed by atoms with Crippen LogP contribution in [0.15, 0.2) is 12.1 Å². The number of carbonyl (C=O) groups excluding carboxylic acids is 1. The molecule has 1 N–H and O–H groups in total. The molecular weight excluding hydrogens is 263 g/mol. The second-order valence-corrected chi connectivity index (χ2v) is 3.86. The first-order valence-electron chi connectivity index (χ1n) is 5.46. The van der Waals surface area contributed by atoms with E-state index in [1.807, 2.05) is 0 Å². The van der Waals surface area contributed by atoms with E-state index in [0.717, 1.165) is 6.07 Å². The van der Waals surface area contributed by atoms with Crippen LogP contribution < -0.4 is 5.48 Å². The molecule has 0 amide bonds. The Morgan fingerprint density at radius 3 is 2.42 bits per heavy atom. The molecule has 0 aliphatic carbocycles. The lowest BCUT2D eigenvalue weighted by atomic mass is 10.0. The number of carbonyl (C=O) groups is 1. The molecule has 0 unspecified atom stereocenters. The van der Waals surface area contributed by atoms with E-state index in [9.17, 15) is 18.0 Å². The van der Waals surface area contributed by atoms with Crippen molar-refractivity contribution in [3.8, 4) is 0 Å². The van der Waals surface area contributed by atoms with Gasteiger partial charge in [-0.05, 0) is 18.1 Å². The number of rotatable bonds is 6. The average molecular weight is 277 g/mol. The average Bonchev–Trinajstić information content (AvgIpc) is 2.36. The van der Waals surface area contributed by atoms with Gasteiger partial charge in [-0.25, -0.2) is 13.2 Å². The van der Waals surface area contributed by atoms with Crippen LogP contribution in [0.3, 0.4) is 0 Å². The summed E-state index contributed by atoms with van der Waals surface area (Å²) in [6.07, 6.45) is -0.144. The number of methoxy groups -OCH3 is 1. The molecule has 1 aromatic rings. The Morgan fingerprint density at radius 2 is 1.84 bits per heavy atom. The topological polar surface area (TPSA) is 47.6 Å². The largest absolute Gasteiger partial charge is 0.469 e. The Hall–Kier alpha value is -1.60. The van der Waals surface area contributed by atoms with Crippen molar-refractivity contribution in [3.63, 3.8) is 0 Å². The van der Waals surface area contributed by atoms with Gasteiger partial charge < -0.3 is 9.57 Å². The summed E-state index contributed by atoms with van der Waals surface area (Å²) < 4.78 is 43.8. The fourth-order valence-corrected chi connectivity index (χ4v) is 1.59. The number of ether oxygens (including phenoxy) is 1. The van der Waals surface area contributed by atoms with Crippen molar-refractivity contribution in [1.82, 2.24) is 5.48 Å². The molecule has 0 radical (unpaired) electrons. The third-order valence-electron chi connectivity index (χ3n) is 2.48. The number of esters is 1. The number of hydroxylamine groups is 1. The second-order valence-electron chi connectivity index (χ2n) is 3.86. The zero-order valence-corrected chi connectivity index (χ0v) is 10.5. The molecule has 0 aromatic heterocycles. The van der Waals surface area contributed by atoms with Crippen LogP contribution in [0.2, 0.25) is 0 Å². The lowest BCUT2D eigenvalue weighted by molar-refractivity contribution is -0.142. The van der Waals surface area contributed by atoms with Crippen LogP contribution in [0.5, 0.6) is 0 Å². The predicted molar refractivity (Wildman–Crippen MR) is 60.6 cm³/mol. The minimum absolute atomic E-state index is 0.0496. The van der Waals surface area contributed by atoms with Gasteiger partial charge >= 0.3 is 5.97 Å². The fraction of sp³-hybridized carbons (Fsp3) is 0.417. The molecule has 19 heavy (non-hydrogen) atoms. The normalized spacial score (nSPS) is 12.3. The highest BCUT2D eigenvalue weighted by atomic mass is 19.2. The van der Waals surface area contributed by atoms with Crippen LogP contribution in [0.25, 0.3) is 0 Å². The molecule has 0 bridgehead atoms. The Labute approximate surface area is 108 Å². The SMILES string of the molecule is CON[C@@H](CC(=O)OC)Cc1cc(F)c(F)cc1F. The van der Waals surface area contributed by atoms with Crippen molar-refractivity contribution in [2.24, 2.45) is 0 Å². The summed E-state index contributed by atoms with van der Waals surface area (Å²) >= 11 is 0. The maximum Gasteiger partial charge on any atom is 0.307 e. The molecule has 1 atom stereocenters. The van der Waals surface area contributed by atoms with E-state index in [-0.39, 0.29) is 18.4 Å². The van der Waals surface area contributed by atoms with Crippen molar-refractivity contribution >= 4 is 5.97 Å². The second kappa shape index (κ2) is 7.10. The highest BCUT2D eigenvalue weighted by Crippen LogP contribution is 2.16. The van der Waals surface area contributed by atoms with Crippen molar-refractivity contribution in [1.29, 1.82) is 0 Å². The smallest absolute Gasteiger partial charge is 0.307 e. The number of benzene rings is 1. The molecule has 0 heterocycles. The molecule has 1 aromatic carbocycles. The third kappa shape index (κ3) is 4.53. The Kier molecular flexibility index (Phi) is 5.78. The number of hydrogen-bond acceptors (Lipinski definition) is 4. The molecule has 1 rings (SSSR count). The molecule has 0 saturated carbocycles. The van der Waals surface area contributed by atoms with Crippen LogP contribution in [-0.4, -0.2) is 26.2 Å². The first kappa shape index (κ1) is 15.5. The summed E-state index contributed by atoms with van der Waals surface area (Å²) in [4.78, 5) is 15.8. The summed E-state index contributed by atoms with van der Waals surface area (Å²) in [5.74, 6) is -3.82. The number of hydrogen-bond donors (Lipinski definition) is 1. The lowest BCUT2D eigenvalue weighted by Crippen LogP contribution is -2.33. The van der Waals surface area contributed by atoms with Crippen molar-refractivity contribution in [3.05, 3.63) is 35.1 Å². The first-order valence-corrected chi connectivity index (χ1v) is 5.46. The summed E-state index contributed by atoms with van der Waals surface area (Å²) in [7, 11) is 2.54. The quantitative estimate of drug-likeness (QED) is 0.489. The zero-order valence-electron chi connectivity index (χ0n) is 10.5. The minimum atomic E-state index is -1.26. The molecule has 0 saturated heterocycles. The van der Waals surface area contributed by atoms with Crippen LogP contribution in [0.1, 0.15) is 12.0 Å². The first-order chi connectivity index (χ1) is 8.97. The van der Waals surface area contributed by atoms with Gasteiger partial charge in [-0.2, -0.15) is 5.48 Å². The van der Waals surface area contributed by atoms with Gasteiger partial charge in [-0.1, -0.05) is 0 Å². The van der Waals surface area contributed by atoms with E-state index in [4.69, 9.17) is 0 Å².